The summed E-state index contributed by atoms with van der Waals surface area (Å²) in [5.41, 5.74) is 2.22. The third-order valence-electron chi connectivity index (χ3n) is 4.70. The zero-order valence-corrected chi connectivity index (χ0v) is 20.5. The number of hydrogen-bond acceptors (Lipinski definition) is 3. The maximum Gasteiger partial charge on any atom is 0.221 e. The molecule has 1 aromatic carbocycles. The zero-order chi connectivity index (χ0) is 20.4. The first kappa shape index (κ1) is 25.5. The summed E-state index contributed by atoms with van der Waals surface area (Å²) in [6.45, 7) is 9.99. The Kier molecular flexibility index (Phi) is 12.0. The van der Waals surface area contributed by atoms with Crippen molar-refractivity contribution in [1.82, 2.24) is 16.0 Å². The molecule has 0 spiro atoms. The molecule has 1 amide bonds. The van der Waals surface area contributed by atoms with Crippen LogP contribution in [-0.2, 0) is 11.3 Å². The Labute approximate surface area is 192 Å². The number of hydrogen-bond donors (Lipinski definition) is 3. The van der Waals surface area contributed by atoms with Crippen molar-refractivity contribution in [3.63, 3.8) is 0 Å². The molecule has 3 N–H and O–H groups in total. The molecule has 1 fully saturated rings. The lowest BCUT2D eigenvalue weighted by Gasteiger charge is -2.16. The highest BCUT2D eigenvalue weighted by molar-refractivity contribution is 14.0. The van der Waals surface area contributed by atoms with E-state index in [1.165, 1.54) is 18.4 Å². The minimum atomic E-state index is 0. The number of aryl methyl sites for hydroxylation is 1. The second-order valence-electron chi connectivity index (χ2n) is 7.70. The summed E-state index contributed by atoms with van der Waals surface area (Å²) in [4.78, 5) is 16.7. The van der Waals surface area contributed by atoms with E-state index in [0.29, 0.717) is 31.5 Å². The molecule has 0 bridgehead atoms. The third kappa shape index (κ3) is 9.69. The summed E-state index contributed by atoms with van der Waals surface area (Å²) in [6, 6.07) is 6.56. The molecule has 0 atom stereocenters. The second-order valence-corrected chi connectivity index (χ2v) is 7.70. The fraction of sp³-hybridized carbons (Fsp3) is 0.636. The van der Waals surface area contributed by atoms with E-state index < -0.39 is 0 Å². The first-order chi connectivity index (χ1) is 13.5. The van der Waals surface area contributed by atoms with Crippen molar-refractivity contribution in [1.29, 1.82) is 0 Å². The molecule has 0 heterocycles. The van der Waals surface area contributed by atoms with E-state index in [9.17, 15) is 4.79 Å². The lowest BCUT2D eigenvalue weighted by atomic mass is 10.1. The topological polar surface area (TPSA) is 74.8 Å². The molecule has 2 rings (SSSR count). The van der Waals surface area contributed by atoms with Gasteiger partial charge in [0.2, 0.25) is 5.91 Å². The lowest BCUT2D eigenvalue weighted by Crippen LogP contribution is -2.40. The molecule has 1 aliphatic carbocycles. The van der Waals surface area contributed by atoms with Gasteiger partial charge in [0.1, 0.15) is 5.75 Å². The number of amides is 1. The van der Waals surface area contributed by atoms with Gasteiger partial charge in [-0.05, 0) is 52.2 Å². The molecule has 164 valence electrons. The van der Waals surface area contributed by atoms with Crippen molar-refractivity contribution < 1.29 is 9.53 Å². The van der Waals surface area contributed by atoms with Crippen LogP contribution in [0.1, 0.15) is 64.0 Å². The molecule has 29 heavy (non-hydrogen) atoms. The van der Waals surface area contributed by atoms with Crippen molar-refractivity contribution >= 4 is 35.8 Å². The average Bonchev–Trinajstić information content (AvgIpc) is 3.13. The van der Waals surface area contributed by atoms with Gasteiger partial charge in [-0.3, -0.25) is 4.79 Å². The number of benzene rings is 1. The van der Waals surface area contributed by atoms with Crippen molar-refractivity contribution in [3.8, 4) is 5.75 Å². The zero-order valence-electron chi connectivity index (χ0n) is 18.2. The molecule has 1 saturated carbocycles. The normalized spacial score (nSPS) is 14.4. The van der Waals surface area contributed by atoms with Crippen molar-refractivity contribution in [2.75, 3.05) is 13.1 Å². The fourth-order valence-corrected chi connectivity index (χ4v) is 3.33. The standard InChI is InChI=1S/C22H36N4O2.HI/c1-5-23-22(24-13-12-21(27)26-19-8-6-7-9-19)25-15-18-11-10-17(4)14-20(18)28-16(2)3;/h10-11,14,16,19H,5-9,12-13,15H2,1-4H3,(H,26,27)(H2,23,24,25);1H. The van der Waals surface area contributed by atoms with Gasteiger partial charge >= 0.3 is 0 Å². The number of carbonyl (C=O) groups is 1. The molecule has 0 unspecified atom stereocenters. The number of nitrogens with one attached hydrogen (secondary N) is 3. The van der Waals surface area contributed by atoms with Crippen molar-refractivity contribution in [3.05, 3.63) is 29.3 Å². The van der Waals surface area contributed by atoms with Crippen molar-refractivity contribution in [2.24, 2.45) is 4.99 Å². The number of guanidine groups is 1. The van der Waals surface area contributed by atoms with Gasteiger partial charge in [-0.15, -0.1) is 24.0 Å². The minimum absolute atomic E-state index is 0. The van der Waals surface area contributed by atoms with E-state index in [1.54, 1.807) is 0 Å². The molecule has 0 radical (unpaired) electrons. The Bertz CT molecular complexity index is 658. The number of carbonyl (C=O) groups excluding carboxylic acids is 1. The lowest BCUT2D eigenvalue weighted by molar-refractivity contribution is -0.121. The van der Waals surface area contributed by atoms with Gasteiger partial charge in [0.15, 0.2) is 5.96 Å². The monoisotopic (exact) mass is 516 g/mol. The Morgan fingerprint density at radius 1 is 1.24 bits per heavy atom. The van der Waals surface area contributed by atoms with Crippen LogP contribution in [0.15, 0.2) is 23.2 Å². The van der Waals surface area contributed by atoms with E-state index in [-0.39, 0.29) is 36.0 Å². The molecule has 1 aromatic rings. The van der Waals surface area contributed by atoms with Crippen LogP contribution >= 0.6 is 24.0 Å². The number of halogens is 1. The van der Waals surface area contributed by atoms with Gasteiger partial charge < -0.3 is 20.7 Å². The average molecular weight is 516 g/mol. The van der Waals surface area contributed by atoms with Gasteiger partial charge in [0.05, 0.1) is 12.6 Å². The maximum absolute atomic E-state index is 12.1. The summed E-state index contributed by atoms with van der Waals surface area (Å²) < 4.78 is 5.93. The van der Waals surface area contributed by atoms with Crippen LogP contribution in [0.25, 0.3) is 0 Å². The van der Waals surface area contributed by atoms with Crippen LogP contribution in [-0.4, -0.2) is 37.1 Å². The smallest absolute Gasteiger partial charge is 0.221 e. The Hall–Kier alpha value is -1.51. The van der Waals surface area contributed by atoms with Crippen molar-refractivity contribution in [2.45, 2.75) is 78.5 Å². The first-order valence-electron chi connectivity index (χ1n) is 10.6. The highest BCUT2D eigenvalue weighted by atomic mass is 127. The molecular formula is C22H37IN4O2. The molecule has 6 nitrogen and oxygen atoms in total. The predicted molar refractivity (Wildman–Crippen MR) is 130 cm³/mol. The first-order valence-corrected chi connectivity index (χ1v) is 10.6. The van der Waals surface area contributed by atoms with Crippen LogP contribution in [0.5, 0.6) is 5.75 Å². The summed E-state index contributed by atoms with van der Waals surface area (Å²) in [5, 5.41) is 9.61. The third-order valence-corrected chi connectivity index (χ3v) is 4.70. The largest absolute Gasteiger partial charge is 0.491 e. The highest BCUT2D eigenvalue weighted by Gasteiger charge is 2.16. The van der Waals surface area contributed by atoms with Crippen LogP contribution in [0.2, 0.25) is 0 Å². The number of nitrogens with zero attached hydrogens (tertiary/aromatic N) is 1. The molecule has 0 aliphatic heterocycles. The minimum Gasteiger partial charge on any atom is -0.491 e. The van der Waals surface area contributed by atoms with Crippen LogP contribution in [0.3, 0.4) is 0 Å². The van der Waals surface area contributed by atoms with E-state index in [2.05, 4.69) is 46.1 Å². The van der Waals surface area contributed by atoms with Gasteiger partial charge in [-0.2, -0.15) is 0 Å². The molecule has 0 aromatic heterocycles. The van der Waals surface area contributed by atoms with E-state index >= 15 is 0 Å². The summed E-state index contributed by atoms with van der Waals surface area (Å²) >= 11 is 0. The Morgan fingerprint density at radius 2 is 1.97 bits per heavy atom. The Morgan fingerprint density at radius 3 is 2.62 bits per heavy atom. The molecule has 7 heteroatoms. The highest BCUT2D eigenvalue weighted by Crippen LogP contribution is 2.22. The van der Waals surface area contributed by atoms with Crippen LogP contribution < -0.4 is 20.7 Å². The predicted octanol–water partition coefficient (Wildman–Crippen LogP) is 3.90. The number of rotatable bonds is 9. The van der Waals surface area contributed by atoms with E-state index in [0.717, 1.165) is 30.7 Å². The SMILES string of the molecule is CCNC(=NCc1ccc(C)cc1OC(C)C)NCCC(=O)NC1CCCC1.I. The molecule has 0 saturated heterocycles. The van der Waals surface area contributed by atoms with Gasteiger partial charge in [0, 0.05) is 31.1 Å². The number of ether oxygens (including phenoxy) is 1. The molecule has 1 aliphatic rings. The quantitative estimate of drug-likeness (QED) is 0.265. The van der Waals surface area contributed by atoms with Gasteiger partial charge in [-0.25, -0.2) is 4.99 Å². The van der Waals surface area contributed by atoms with Gasteiger partial charge in [-0.1, -0.05) is 25.0 Å². The van der Waals surface area contributed by atoms with Crippen LogP contribution in [0.4, 0.5) is 0 Å². The maximum atomic E-state index is 12.1. The van der Waals surface area contributed by atoms with Gasteiger partial charge in [0.25, 0.3) is 0 Å². The summed E-state index contributed by atoms with van der Waals surface area (Å²) in [6.07, 6.45) is 5.24. The summed E-state index contributed by atoms with van der Waals surface area (Å²) in [5.74, 6) is 1.71. The summed E-state index contributed by atoms with van der Waals surface area (Å²) in [7, 11) is 0. The number of aliphatic imine (C=N–C) groups is 1. The Balaban J connectivity index is 0.00000420. The van der Waals surface area contributed by atoms with Crippen LogP contribution in [0, 0.1) is 6.92 Å². The molecular weight excluding hydrogens is 479 g/mol. The van der Waals surface area contributed by atoms with E-state index in [4.69, 9.17) is 4.74 Å². The fourth-order valence-electron chi connectivity index (χ4n) is 3.33. The van der Waals surface area contributed by atoms with E-state index in [1.807, 2.05) is 20.8 Å². The second kappa shape index (κ2) is 13.7.